The van der Waals surface area contributed by atoms with Gasteiger partial charge in [0.25, 0.3) is 0 Å². The molecule has 2 aromatic rings. The van der Waals surface area contributed by atoms with Gasteiger partial charge >= 0.3 is 0 Å². The Morgan fingerprint density at radius 2 is 1.42 bits per heavy atom. The van der Waals surface area contributed by atoms with Gasteiger partial charge in [-0.05, 0) is 60.5 Å². The van der Waals surface area contributed by atoms with Crippen LogP contribution in [0.15, 0.2) is 59.7 Å². The number of hydrogen-bond donors (Lipinski definition) is 2. The third-order valence-electron chi connectivity index (χ3n) is 4.33. The van der Waals surface area contributed by atoms with Crippen molar-refractivity contribution in [1.29, 1.82) is 0 Å². The van der Waals surface area contributed by atoms with Crippen LogP contribution in [-0.4, -0.2) is 40.5 Å². The van der Waals surface area contributed by atoms with E-state index in [4.69, 9.17) is 0 Å². The lowest BCUT2D eigenvalue weighted by atomic mass is 9.94. The summed E-state index contributed by atoms with van der Waals surface area (Å²) < 4.78 is 0. The van der Waals surface area contributed by atoms with Crippen LogP contribution >= 0.6 is 0 Å². The SMILES string of the molecule is CCCN1C/C(=C/c2cccc(O)c2)C(=O)/C(=C/c2cccc(O)c2)C1. The summed E-state index contributed by atoms with van der Waals surface area (Å²) in [6.45, 7) is 4.22. The zero-order valence-electron chi connectivity index (χ0n) is 14.9. The zero-order chi connectivity index (χ0) is 18.5. The van der Waals surface area contributed by atoms with Crippen LogP contribution in [0.25, 0.3) is 12.2 Å². The molecule has 26 heavy (non-hydrogen) atoms. The second-order valence-corrected chi connectivity index (χ2v) is 6.57. The summed E-state index contributed by atoms with van der Waals surface area (Å²) in [5.74, 6) is 0.385. The smallest absolute Gasteiger partial charge is 0.187 e. The lowest BCUT2D eigenvalue weighted by Gasteiger charge is -2.29. The number of piperidine rings is 1. The Hall–Kier alpha value is -2.85. The number of phenolic OH excluding ortho intramolecular Hbond substituents is 2. The monoisotopic (exact) mass is 349 g/mol. The van der Waals surface area contributed by atoms with Gasteiger partial charge in [-0.25, -0.2) is 0 Å². The van der Waals surface area contributed by atoms with Gasteiger partial charge in [0, 0.05) is 24.2 Å². The van der Waals surface area contributed by atoms with Crippen molar-refractivity contribution in [2.24, 2.45) is 0 Å². The number of benzene rings is 2. The second-order valence-electron chi connectivity index (χ2n) is 6.57. The van der Waals surface area contributed by atoms with Gasteiger partial charge in [-0.1, -0.05) is 31.2 Å². The van der Waals surface area contributed by atoms with E-state index in [1.165, 1.54) is 0 Å². The van der Waals surface area contributed by atoms with Crippen LogP contribution < -0.4 is 0 Å². The van der Waals surface area contributed by atoms with Gasteiger partial charge in [-0.2, -0.15) is 0 Å². The molecule has 3 rings (SSSR count). The molecule has 0 amide bonds. The van der Waals surface area contributed by atoms with Crippen LogP contribution in [0.1, 0.15) is 24.5 Å². The molecule has 0 unspecified atom stereocenters. The molecule has 134 valence electrons. The Kier molecular flexibility index (Phi) is 5.54. The molecule has 0 saturated carbocycles. The Balaban J connectivity index is 1.96. The van der Waals surface area contributed by atoms with Crippen molar-refractivity contribution in [2.75, 3.05) is 19.6 Å². The molecule has 4 heteroatoms. The highest BCUT2D eigenvalue weighted by molar-refractivity contribution is 6.14. The number of rotatable bonds is 4. The molecule has 0 atom stereocenters. The van der Waals surface area contributed by atoms with Gasteiger partial charge in [0.2, 0.25) is 0 Å². The fraction of sp³-hybridized carbons (Fsp3) is 0.227. The van der Waals surface area contributed by atoms with Crippen molar-refractivity contribution >= 4 is 17.9 Å². The van der Waals surface area contributed by atoms with E-state index in [-0.39, 0.29) is 17.3 Å². The van der Waals surface area contributed by atoms with E-state index in [1.807, 2.05) is 24.3 Å². The van der Waals surface area contributed by atoms with Gasteiger partial charge in [-0.3, -0.25) is 9.69 Å². The van der Waals surface area contributed by atoms with Gasteiger partial charge < -0.3 is 10.2 Å². The van der Waals surface area contributed by atoms with Crippen molar-refractivity contribution < 1.29 is 15.0 Å². The maximum Gasteiger partial charge on any atom is 0.187 e. The number of likely N-dealkylation sites (tertiary alicyclic amines) is 1. The summed E-state index contributed by atoms with van der Waals surface area (Å²) >= 11 is 0. The summed E-state index contributed by atoms with van der Waals surface area (Å²) in [4.78, 5) is 15.2. The molecule has 4 nitrogen and oxygen atoms in total. The Bertz CT molecular complexity index is 800. The largest absolute Gasteiger partial charge is 0.508 e. The van der Waals surface area contributed by atoms with Crippen molar-refractivity contribution in [3.63, 3.8) is 0 Å². The van der Waals surface area contributed by atoms with Crippen LogP contribution in [0.3, 0.4) is 0 Å². The topological polar surface area (TPSA) is 60.8 Å². The molecule has 0 spiro atoms. The van der Waals surface area contributed by atoms with Gasteiger partial charge in [0.1, 0.15) is 11.5 Å². The molecule has 0 bridgehead atoms. The first-order valence-corrected chi connectivity index (χ1v) is 8.81. The van der Waals surface area contributed by atoms with Crippen LogP contribution in [0.4, 0.5) is 0 Å². The van der Waals surface area contributed by atoms with E-state index in [0.717, 1.165) is 24.1 Å². The quantitative estimate of drug-likeness (QED) is 0.823. The molecule has 1 aliphatic heterocycles. The Labute approximate surface area is 153 Å². The standard InChI is InChI=1S/C22H23NO3/c1-2-9-23-14-18(10-16-5-3-7-20(24)12-16)22(26)19(15-23)11-17-6-4-8-21(25)13-17/h3-8,10-13,24-25H,2,9,14-15H2,1H3/b18-10-,19-11+. The van der Waals surface area contributed by atoms with Crippen molar-refractivity contribution in [1.82, 2.24) is 4.90 Å². The molecule has 1 heterocycles. The average molecular weight is 349 g/mol. The molecule has 0 aliphatic carbocycles. The number of phenols is 2. The molecule has 2 aromatic carbocycles. The maximum absolute atomic E-state index is 13.0. The summed E-state index contributed by atoms with van der Waals surface area (Å²) in [6.07, 6.45) is 4.70. The van der Waals surface area contributed by atoms with Crippen LogP contribution in [-0.2, 0) is 4.79 Å². The Morgan fingerprint density at radius 1 is 0.923 bits per heavy atom. The first-order valence-electron chi connectivity index (χ1n) is 8.81. The summed E-state index contributed by atoms with van der Waals surface area (Å²) in [5, 5.41) is 19.3. The molecular formula is C22H23NO3. The van der Waals surface area contributed by atoms with Crippen LogP contribution in [0.5, 0.6) is 11.5 Å². The minimum Gasteiger partial charge on any atom is -0.508 e. The number of hydrogen-bond acceptors (Lipinski definition) is 4. The highest BCUT2D eigenvalue weighted by atomic mass is 16.3. The minimum atomic E-state index is 0.0176. The molecule has 0 aromatic heterocycles. The lowest BCUT2D eigenvalue weighted by molar-refractivity contribution is -0.113. The number of carbonyl (C=O) groups is 1. The first kappa shape index (κ1) is 18.0. The third-order valence-corrected chi connectivity index (χ3v) is 4.33. The number of ketones is 1. The lowest BCUT2D eigenvalue weighted by Crippen LogP contribution is -2.38. The van der Waals surface area contributed by atoms with E-state index in [0.29, 0.717) is 24.2 Å². The van der Waals surface area contributed by atoms with Gasteiger partial charge in [-0.15, -0.1) is 0 Å². The highest BCUT2D eigenvalue weighted by Gasteiger charge is 2.25. The predicted molar refractivity (Wildman–Crippen MR) is 104 cm³/mol. The van der Waals surface area contributed by atoms with Crippen LogP contribution in [0, 0.1) is 0 Å². The Morgan fingerprint density at radius 3 is 1.85 bits per heavy atom. The van der Waals surface area contributed by atoms with E-state index >= 15 is 0 Å². The molecule has 1 saturated heterocycles. The van der Waals surface area contributed by atoms with Gasteiger partial charge in [0.15, 0.2) is 5.78 Å². The minimum absolute atomic E-state index is 0.0176. The van der Waals surface area contributed by atoms with E-state index in [1.54, 1.807) is 36.4 Å². The summed E-state index contributed by atoms with van der Waals surface area (Å²) in [7, 11) is 0. The number of aromatic hydroxyl groups is 2. The predicted octanol–water partition coefficient (Wildman–Crippen LogP) is 3.86. The zero-order valence-corrected chi connectivity index (χ0v) is 14.9. The van der Waals surface area contributed by atoms with E-state index < -0.39 is 0 Å². The fourth-order valence-electron chi connectivity index (χ4n) is 3.22. The molecule has 1 fully saturated rings. The van der Waals surface area contributed by atoms with Crippen molar-refractivity contribution in [3.8, 4) is 11.5 Å². The molecule has 2 N–H and O–H groups in total. The first-order chi connectivity index (χ1) is 12.5. The van der Waals surface area contributed by atoms with E-state index in [2.05, 4.69) is 11.8 Å². The normalized spacial score (nSPS) is 18.6. The second kappa shape index (κ2) is 8.02. The number of Topliss-reactive ketones (excluding diaryl/α,β-unsaturated/α-hetero) is 1. The molecule has 1 aliphatic rings. The summed E-state index contributed by atoms with van der Waals surface area (Å²) in [5.41, 5.74) is 3.04. The van der Waals surface area contributed by atoms with Gasteiger partial charge in [0.05, 0.1) is 0 Å². The van der Waals surface area contributed by atoms with Crippen molar-refractivity contribution in [3.05, 3.63) is 70.8 Å². The third kappa shape index (κ3) is 4.41. The van der Waals surface area contributed by atoms with Crippen LogP contribution in [0.2, 0.25) is 0 Å². The maximum atomic E-state index is 13.0. The number of carbonyl (C=O) groups excluding carboxylic acids is 1. The van der Waals surface area contributed by atoms with Crippen molar-refractivity contribution in [2.45, 2.75) is 13.3 Å². The van der Waals surface area contributed by atoms with E-state index in [9.17, 15) is 15.0 Å². The number of nitrogens with zero attached hydrogens (tertiary/aromatic N) is 1. The fourth-order valence-corrected chi connectivity index (χ4v) is 3.22. The average Bonchev–Trinajstić information content (AvgIpc) is 2.59. The summed E-state index contributed by atoms with van der Waals surface area (Å²) in [6, 6.07) is 13.8. The molecule has 0 radical (unpaired) electrons. The molecular weight excluding hydrogens is 326 g/mol. The highest BCUT2D eigenvalue weighted by Crippen LogP contribution is 2.24.